The van der Waals surface area contributed by atoms with Gasteiger partial charge in [-0.15, -0.1) is 11.3 Å². The van der Waals surface area contributed by atoms with E-state index in [-0.39, 0.29) is 12.1 Å². The molecule has 0 aromatic carbocycles. The molecular formula is C20H23N5OS. The Morgan fingerprint density at radius 1 is 1.15 bits per heavy atom. The third-order valence-electron chi connectivity index (χ3n) is 5.47. The molecule has 0 N–H and O–H groups in total. The molecule has 7 heteroatoms. The van der Waals surface area contributed by atoms with Crippen LogP contribution in [0.3, 0.4) is 0 Å². The van der Waals surface area contributed by atoms with Gasteiger partial charge in [-0.25, -0.2) is 15.0 Å². The molecule has 0 saturated carbocycles. The highest BCUT2D eigenvalue weighted by Gasteiger charge is 2.30. The van der Waals surface area contributed by atoms with Crippen LogP contribution in [0.4, 0.5) is 5.82 Å². The zero-order chi connectivity index (χ0) is 18.4. The van der Waals surface area contributed by atoms with Gasteiger partial charge in [-0.3, -0.25) is 4.98 Å². The number of morpholine rings is 1. The average molecular weight is 382 g/mol. The van der Waals surface area contributed by atoms with E-state index in [4.69, 9.17) is 14.7 Å². The van der Waals surface area contributed by atoms with E-state index in [1.165, 1.54) is 28.7 Å². The molecule has 4 heterocycles. The maximum absolute atomic E-state index is 5.86. The molecule has 2 aliphatic rings. The molecule has 0 amide bonds. The lowest BCUT2D eigenvalue weighted by molar-refractivity contribution is 0.0342. The molecule has 1 fully saturated rings. The molecule has 0 radical (unpaired) electrons. The van der Waals surface area contributed by atoms with E-state index in [1.807, 2.05) is 11.3 Å². The summed E-state index contributed by atoms with van der Waals surface area (Å²) in [5, 5.41) is 1.25. The first-order chi connectivity index (χ1) is 13.2. The lowest BCUT2D eigenvalue weighted by atomic mass is 9.96. The molecule has 1 saturated heterocycles. The van der Waals surface area contributed by atoms with Crippen LogP contribution in [0, 0.1) is 0 Å². The predicted octanol–water partition coefficient (Wildman–Crippen LogP) is 3.64. The van der Waals surface area contributed by atoms with Crippen LogP contribution in [-0.2, 0) is 17.6 Å². The SMILES string of the molecule is C[C@@H]1CO[C@@H](C)CN1c1nc(-c2cnccn2)nc2sc3c(c12)CCCC3. The van der Waals surface area contributed by atoms with Crippen LogP contribution in [0.1, 0.15) is 37.1 Å². The van der Waals surface area contributed by atoms with Crippen molar-refractivity contribution in [2.24, 2.45) is 0 Å². The highest BCUT2D eigenvalue weighted by Crippen LogP contribution is 2.41. The molecule has 27 heavy (non-hydrogen) atoms. The number of aryl methyl sites for hydroxylation is 2. The number of hydrogen-bond acceptors (Lipinski definition) is 7. The first kappa shape index (κ1) is 17.0. The van der Waals surface area contributed by atoms with Crippen molar-refractivity contribution in [3.8, 4) is 11.5 Å². The lowest BCUT2D eigenvalue weighted by Gasteiger charge is -2.38. The van der Waals surface area contributed by atoms with Gasteiger partial charge in [0.25, 0.3) is 0 Å². The van der Waals surface area contributed by atoms with Crippen molar-refractivity contribution in [2.45, 2.75) is 51.7 Å². The molecule has 6 nitrogen and oxygen atoms in total. The number of anilines is 1. The summed E-state index contributed by atoms with van der Waals surface area (Å²) in [4.78, 5) is 23.5. The largest absolute Gasteiger partial charge is 0.375 e. The first-order valence-corrected chi connectivity index (χ1v) is 10.5. The fraction of sp³-hybridized carbons (Fsp3) is 0.500. The normalized spacial score (nSPS) is 22.8. The molecule has 0 unspecified atom stereocenters. The Hall–Kier alpha value is -2.12. The number of fused-ring (bicyclic) bond motifs is 3. The van der Waals surface area contributed by atoms with Gasteiger partial charge in [-0.2, -0.15) is 0 Å². The minimum atomic E-state index is 0.195. The van der Waals surface area contributed by atoms with Crippen molar-refractivity contribution in [1.82, 2.24) is 19.9 Å². The number of hydrogen-bond donors (Lipinski definition) is 0. The molecule has 1 aliphatic carbocycles. The fourth-order valence-electron chi connectivity index (χ4n) is 4.07. The van der Waals surface area contributed by atoms with E-state index in [2.05, 4.69) is 28.7 Å². The molecule has 140 valence electrons. The Labute approximate surface area is 162 Å². The third-order valence-corrected chi connectivity index (χ3v) is 6.65. The second-order valence-electron chi connectivity index (χ2n) is 7.50. The minimum absolute atomic E-state index is 0.195. The zero-order valence-corrected chi connectivity index (χ0v) is 16.5. The van der Waals surface area contributed by atoms with Crippen LogP contribution in [0.5, 0.6) is 0 Å². The maximum atomic E-state index is 5.86. The third kappa shape index (κ3) is 2.99. The second kappa shape index (κ2) is 6.80. The maximum Gasteiger partial charge on any atom is 0.183 e. The molecule has 0 bridgehead atoms. The van der Waals surface area contributed by atoms with Gasteiger partial charge in [-0.1, -0.05) is 0 Å². The summed E-state index contributed by atoms with van der Waals surface area (Å²) in [7, 11) is 0. The minimum Gasteiger partial charge on any atom is -0.375 e. The van der Waals surface area contributed by atoms with Gasteiger partial charge < -0.3 is 9.64 Å². The topological polar surface area (TPSA) is 64.0 Å². The van der Waals surface area contributed by atoms with E-state index < -0.39 is 0 Å². The van der Waals surface area contributed by atoms with Crippen molar-refractivity contribution in [3.05, 3.63) is 29.0 Å². The van der Waals surface area contributed by atoms with Gasteiger partial charge in [0.1, 0.15) is 16.3 Å². The Balaban J connectivity index is 1.74. The van der Waals surface area contributed by atoms with E-state index in [0.29, 0.717) is 5.82 Å². The number of ether oxygens (including phenoxy) is 1. The van der Waals surface area contributed by atoms with Gasteiger partial charge in [0.05, 0.1) is 30.3 Å². The van der Waals surface area contributed by atoms with E-state index >= 15 is 0 Å². The van der Waals surface area contributed by atoms with Crippen LogP contribution in [-0.4, -0.2) is 45.2 Å². The highest BCUT2D eigenvalue weighted by atomic mass is 32.1. The van der Waals surface area contributed by atoms with Crippen molar-refractivity contribution in [3.63, 3.8) is 0 Å². The van der Waals surface area contributed by atoms with Crippen molar-refractivity contribution in [2.75, 3.05) is 18.1 Å². The number of rotatable bonds is 2. The molecule has 5 rings (SSSR count). The van der Waals surface area contributed by atoms with Gasteiger partial charge in [-0.05, 0) is 45.1 Å². The molecule has 3 aromatic heterocycles. The van der Waals surface area contributed by atoms with Crippen LogP contribution < -0.4 is 4.90 Å². The number of nitrogens with zero attached hydrogens (tertiary/aromatic N) is 5. The molecule has 3 aromatic rings. The molecular weight excluding hydrogens is 358 g/mol. The molecule has 2 atom stereocenters. The van der Waals surface area contributed by atoms with E-state index in [1.54, 1.807) is 18.6 Å². The van der Waals surface area contributed by atoms with Crippen LogP contribution in [0.2, 0.25) is 0 Å². The van der Waals surface area contributed by atoms with Crippen molar-refractivity contribution < 1.29 is 4.74 Å². The number of aromatic nitrogens is 4. The quantitative estimate of drug-likeness (QED) is 0.675. The Kier molecular flexibility index (Phi) is 4.28. The van der Waals surface area contributed by atoms with Gasteiger partial charge in [0.2, 0.25) is 0 Å². The van der Waals surface area contributed by atoms with Crippen molar-refractivity contribution >= 4 is 27.4 Å². The molecule has 0 spiro atoms. The summed E-state index contributed by atoms with van der Waals surface area (Å²) in [5.41, 5.74) is 2.19. The summed E-state index contributed by atoms with van der Waals surface area (Å²) in [6, 6.07) is 0.285. The zero-order valence-electron chi connectivity index (χ0n) is 15.7. The highest BCUT2D eigenvalue weighted by molar-refractivity contribution is 7.19. The van der Waals surface area contributed by atoms with E-state index in [0.717, 1.165) is 42.3 Å². The van der Waals surface area contributed by atoms with Gasteiger partial charge in [0.15, 0.2) is 5.82 Å². The fourth-order valence-corrected chi connectivity index (χ4v) is 5.33. The smallest absolute Gasteiger partial charge is 0.183 e. The Morgan fingerprint density at radius 2 is 2.04 bits per heavy atom. The van der Waals surface area contributed by atoms with Crippen LogP contribution >= 0.6 is 11.3 Å². The number of thiophene rings is 1. The lowest BCUT2D eigenvalue weighted by Crippen LogP contribution is -2.48. The van der Waals surface area contributed by atoms with E-state index in [9.17, 15) is 0 Å². The monoisotopic (exact) mass is 381 g/mol. The summed E-state index contributed by atoms with van der Waals surface area (Å²) >= 11 is 1.83. The van der Waals surface area contributed by atoms with Crippen molar-refractivity contribution in [1.29, 1.82) is 0 Å². The van der Waals surface area contributed by atoms with Gasteiger partial charge in [0, 0.05) is 23.8 Å². The van der Waals surface area contributed by atoms with Gasteiger partial charge >= 0.3 is 0 Å². The Morgan fingerprint density at radius 3 is 2.89 bits per heavy atom. The standard InChI is InChI=1S/C20H23N5OS/c1-12-11-26-13(2)10-25(12)19-17-14-5-3-4-6-16(14)27-20(17)24-18(23-19)15-9-21-7-8-22-15/h7-9,12-13H,3-6,10-11H2,1-2H3/t12-,13+/m1/s1. The average Bonchev–Trinajstić information content (AvgIpc) is 3.08. The summed E-state index contributed by atoms with van der Waals surface area (Å²) in [6.45, 7) is 5.90. The molecule has 1 aliphatic heterocycles. The summed E-state index contributed by atoms with van der Waals surface area (Å²) < 4.78 is 5.86. The Bertz CT molecular complexity index is 973. The first-order valence-electron chi connectivity index (χ1n) is 9.67. The summed E-state index contributed by atoms with van der Waals surface area (Å²) in [6.07, 6.45) is 10.1. The second-order valence-corrected chi connectivity index (χ2v) is 8.58. The van der Waals surface area contributed by atoms with Crippen LogP contribution in [0.25, 0.3) is 21.7 Å². The predicted molar refractivity (Wildman–Crippen MR) is 107 cm³/mol. The summed E-state index contributed by atoms with van der Waals surface area (Å²) in [5.74, 6) is 1.71. The van der Waals surface area contributed by atoms with Crippen LogP contribution in [0.15, 0.2) is 18.6 Å².